The average Bonchev–Trinajstić information content (AvgIpc) is 3.21. The molecule has 2 fully saturated rings. The number of carbonyl (C=O) groups is 3. The summed E-state index contributed by atoms with van der Waals surface area (Å²) in [5.41, 5.74) is 1.96. The first kappa shape index (κ1) is 17.5. The largest absolute Gasteiger partial charge is 0.347 e. The van der Waals surface area contributed by atoms with Crippen molar-refractivity contribution in [3.8, 4) is 0 Å². The lowest BCUT2D eigenvalue weighted by atomic mass is 10.1. The van der Waals surface area contributed by atoms with Crippen LogP contribution in [-0.4, -0.2) is 60.7 Å². The third kappa shape index (κ3) is 3.38. The molecule has 6 nitrogen and oxygen atoms in total. The number of amides is 3. The van der Waals surface area contributed by atoms with Crippen LogP contribution in [0.5, 0.6) is 0 Å². The maximum atomic E-state index is 12.9. The van der Waals surface area contributed by atoms with Gasteiger partial charge in [0, 0.05) is 39.3 Å². The minimum absolute atomic E-state index is 0.0307. The third-order valence-electron chi connectivity index (χ3n) is 5.08. The van der Waals surface area contributed by atoms with Crippen molar-refractivity contribution < 1.29 is 14.4 Å². The lowest BCUT2D eigenvalue weighted by Gasteiger charge is -2.28. The third-order valence-corrected chi connectivity index (χ3v) is 5.08. The molecule has 3 amide bonds. The van der Waals surface area contributed by atoms with Gasteiger partial charge in [-0.3, -0.25) is 14.4 Å². The van der Waals surface area contributed by atoms with Gasteiger partial charge in [-0.15, -0.1) is 0 Å². The number of aryl methyl sites for hydroxylation is 1. The molecular formula is C19H25N3O3. The molecule has 2 unspecified atom stereocenters. The van der Waals surface area contributed by atoms with E-state index >= 15 is 0 Å². The zero-order valence-electron chi connectivity index (χ0n) is 15.1. The van der Waals surface area contributed by atoms with Gasteiger partial charge in [0.1, 0.15) is 6.04 Å². The maximum absolute atomic E-state index is 12.9. The first-order valence-corrected chi connectivity index (χ1v) is 8.77. The van der Waals surface area contributed by atoms with Gasteiger partial charge >= 0.3 is 0 Å². The molecule has 2 heterocycles. The van der Waals surface area contributed by atoms with E-state index in [9.17, 15) is 14.4 Å². The predicted octanol–water partition coefficient (Wildman–Crippen LogP) is 1.43. The smallest absolute Gasteiger partial charge is 0.244 e. The van der Waals surface area contributed by atoms with Gasteiger partial charge in [0.2, 0.25) is 17.7 Å². The minimum Gasteiger partial charge on any atom is -0.347 e. The minimum atomic E-state index is -0.383. The van der Waals surface area contributed by atoms with Crippen LogP contribution in [0.3, 0.4) is 0 Å². The highest BCUT2D eigenvalue weighted by Gasteiger charge is 2.42. The van der Waals surface area contributed by atoms with E-state index in [2.05, 4.69) is 0 Å². The normalized spacial score (nSPS) is 23.2. The van der Waals surface area contributed by atoms with E-state index in [0.717, 1.165) is 17.7 Å². The van der Waals surface area contributed by atoms with Gasteiger partial charge in [0.05, 0.1) is 5.92 Å². The number of hydrogen-bond donors (Lipinski definition) is 0. The van der Waals surface area contributed by atoms with E-state index in [4.69, 9.17) is 0 Å². The second-order valence-electron chi connectivity index (χ2n) is 7.16. The van der Waals surface area contributed by atoms with Gasteiger partial charge < -0.3 is 14.7 Å². The van der Waals surface area contributed by atoms with Crippen molar-refractivity contribution in [2.24, 2.45) is 5.92 Å². The van der Waals surface area contributed by atoms with E-state index in [-0.39, 0.29) is 36.1 Å². The summed E-state index contributed by atoms with van der Waals surface area (Å²) in [4.78, 5) is 42.5. The van der Waals surface area contributed by atoms with E-state index in [1.807, 2.05) is 31.2 Å². The Morgan fingerprint density at radius 2 is 1.84 bits per heavy atom. The van der Waals surface area contributed by atoms with Crippen LogP contribution in [0, 0.1) is 12.8 Å². The van der Waals surface area contributed by atoms with Crippen molar-refractivity contribution in [3.63, 3.8) is 0 Å². The predicted molar refractivity (Wildman–Crippen MR) is 95.1 cm³/mol. The average molecular weight is 343 g/mol. The SMILES string of the molecule is Cc1ccc(N2CC(C(=O)N3CCCC3C(=O)N(C)C)CC2=O)cc1. The fourth-order valence-corrected chi connectivity index (χ4v) is 3.67. The van der Waals surface area contributed by atoms with Crippen LogP contribution in [0.1, 0.15) is 24.8 Å². The number of carbonyl (C=O) groups excluding carboxylic acids is 3. The van der Waals surface area contributed by atoms with Crippen LogP contribution < -0.4 is 4.90 Å². The quantitative estimate of drug-likeness (QED) is 0.834. The first-order chi connectivity index (χ1) is 11.9. The summed E-state index contributed by atoms with van der Waals surface area (Å²) < 4.78 is 0. The van der Waals surface area contributed by atoms with E-state index in [1.54, 1.807) is 23.9 Å². The fourth-order valence-electron chi connectivity index (χ4n) is 3.67. The molecule has 0 spiro atoms. The Kier molecular flexibility index (Phi) is 4.79. The number of nitrogens with zero attached hydrogens (tertiary/aromatic N) is 3. The maximum Gasteiger partial charge on any atom is 0.244 e. The van der Waals surface area contributed by atoms with Crippen LogP contribution in [0.4, 0.5) is 5.69 Å². The summed E-state index contributed by atoms with van der Waals surface area (Å²) in [6, 6.07) is 7.36. The molecule has 0 bridgehead atoms. The molecule has 1 aromatic carbocycles. The molecule has 2 saturated heterocycles. The van der Waals surface area contributed by atoms with E-state index in [0.29, 0.717) is 19.5 Å². The molecule has 0 saturated carbocycles. The Hall–Kier alpha value is -2.37. The second-order valence-corrected chi connectivity index (χ2v) is 7.16. The second kappa shape index (κ2) is 6.86. The Morgan fingerprint density at radius 1 is 1.16 bits per heavy atom. The van der Waals surface area contributed by atoms with E-state index < -0.39 is 0 Å². The topological polar surface area (TPSA) is 60.9 Å². The molecule has 2 atom stereocenters. The van der Waals surface area contributed by atoms with E-state index in [1.165, 1.54) is 4.90 Å². The molecule has 2 aliphatic rings. The van der Waals surface area contributed by atoms with Crippen molar-refractivity contribution in [1.29, 1.82) is 0 Å². The highest BCUT2D eigenvalue weighted by atomic mass is 16.2. The molecule has 6 heteroatoms. The number of likely N-dealkylation sites (tertiary alicyclic amines) is 1. The number of hydrogen-bond acceptors (Lipinski definition) is 3. The van der Waals surface area contributed by atoms with Crippen LogP contribution in [0.15, 0.2) is 24.3 Å². The molecule has 2 aliphatic heterocycles. The highest BCUT2D eigenvalue weighted by molar-refractivity contribution is 6.01. The summed E-state index contributed by atoms with van der Waals surface area (Å²) in [5, 5.41) is 0. The lowest BCUT2D eigenvalue weighted by molar-refractivity contribution is -0.144. The zero-order valence-corrected chi connectivity index (χ0v) is 15.1. The van der Waals surface area contributed by atoms with Crippen LogP contribution in [0.25, 0.3) is 0 Å². The Balaban J connectivity index is 1.72. The standard InChI is InChI=1S/C19H25N3O3/c1-13-6-8-15(9-7-13)22-12-14(11-17(22)23)18(24)21-10-4-5-16(21)19(25)20(2)3/h6-9,14,16H,4-5,10-12H2,1-3H3. The molecule has 1 aromatic rings. The summed E-state index contributed by atoms with van der Waals surface area (Å²) in [6.45, 7) is 2.98. The Morgan fingerprint density at radius 3 is 2.48 bits per heavy atom. The number of rotatable bonds is 3. The molecule has 0 N–H and O–H groups in total. The summed E-state index contributed by atoms with van der Waals surface area (Å²) in [5.74, 6) is -0.507. The summed E-state index contributed by atoms with van der Waals surface area (Å²) in [6.07, 6.45) is 1.75. The Labute approximate surface area is 148 Å². The van der Waals surface area contributed by atoms with Crippen molar-refractivity contribution in [3.05, 3.63) is 29.8 Å². The summed E-state index contributed by atoms with van der Waals surface area (Å²) in [7, 11) is 3.42. The molecular weight excluding hydrogens is 318 g/mol. The Bertz CT molecular complexity index is 684. The molecule has 134 valence electrons. The molecule has 0 radical (unpaired) electrons. The van der Waals surface area contributed by atoms with Gasteiger partial charge in [-0.1, -0.05) is 17.7 Å². The first-order valence-electron chi connectivity index (χ1n) is 8.77. The van der Waals surface area contributed by atoms with Crippen LogP contribution in [-0.2, 0) is 14.4 Å². The van der Waals surface area contributed by atoms with Gasteiger partial charge in [-0.25, -0.2) is 0 Å². The van der Waals surface area contributed by atoms with Gasteiger partial charge in [0.15, 0.2) is 0 Å². The number of benzene rings is 1. The highest BCUT2D eigenvalue weighted by Crippen LogP contribution is 2.29. The number of likely N-dealkylation sites (N-methyl/N-ethyl adjacent to an activating group) is 1. The molecule has 0 aromatic heterocycles. The number of anilines is 1. The van der Waals surface area contributed by atoms with Gasteiger partial charge in [0.25, 0.3) is 0 Å². The lowest BCUT2D eigenvalue weighted by Crippen LogP contribution is -2.47. The summed E-state index contributed by atoms with van der Waals surface area (Å²) >= 11 is 0. The van der Waals surface area contributed by atoms with Crippen molar-refractivity contribution in [1.82, 2.24) is 9.80 Å². The van der Waals surface area contributed by atoms with Crippen molar-refractivity contribution >= 4 is 23.4 Å². The van der Waals surface area contributed by atoms with Gasteiger partial charge in [-0.2, -0.15) is 0 Å². The van der Waals surface area contributed by atoms with Crippen LogP contribution >= 0.6 is 0 Å². The van der Waals surface area contributed by atoms with Crippen molar-refractivity contribution in [2.75, 3.05) is 32.1 Å². The molecule has 25 heavy (non-hydrogen) atoms. The monoisotopic (exact) mass is 343 g/mol. The zero-order chi connectivity index (χ0) is 18.1. The molecule has 3 rings (SSSR count). The van der Waals surface area contributed by atoms with Crippen LogP contribution in [0.2, 0.25) is 0 Å². The molecule has 0 aliphatic carbocycles. The fraction of sp³-hybridized carbons (Fsp3) is 0.526. The van der Waals surface area contributed by atoms with Gasteiger partial charge in [-0.05, 0) is 31.9 Å². The van der Waals surface area contributed by atoms with Crippen molar-refractivity contribution in [2.45, 2.75) is 32.2 Å².